The fraction of sp³-hybridized carbons (Fsp3) is 0.571. The molecule has 0 saturated carbocycles. The molecule has 1 aromatic carbocycles. The van der Waals surface area contributed by atoms with Crippen molar-refractivity contribution in [3.05, 3.63) is 29.8 Å². The van der Waals surface area contributed by atoms with Crippen LogP contribution in [0.1, 0.15) is 47.1 Å². The van der Waals surface area contributed by atoms with E-state index in [0.29, 0.717) is 4.32 Å². The minimum Gasteiger partial charge on any atom is -0.459 e. The number of carbonyl (C=O) groups excluding carboxylic acids is 1. The van der Waals surface area contributed by atoms with Crippen LogP contribution < -0.4 is 0 Å². The number of esters is 1. The fourth-order valence-electron chi connectivity index (χ4n) is 2.60. The Balaban J connectivity index is 2.12. The first kappa shape index (κ1) is 23.2. The quantitative estimate of drug-likeness (QED) is 0.445. The van der Waals surface area contributed by atoms with Gasteiger partial charge in [-0.15, -0.1) is 0 Å². The van der Waals surface area contributed by atoms with Crippen molar-refractivity contribution in [1.29, 1.82) is 0 Å². The van der Waals surface area contributed by atoms with Gasteiger partial charge in [-0.1, -0.05) is 68.6 Å². The highest BCUT2D eigenvalue weighted by molar-refractivity contribution is 8.23. The Morgan fingerprint density at radius 1 is 1.32 bits per heavy atom. The number of aryl methyl sites for hydroxylation is 1. The minimum atomic E-state index is -0.487. The monoisotopic (exact) mass is 438 g/mol. The third-order valence-electron chi connectivity index (χ3n) is 3.93. The van der Waals surface area contributed by atoms with E-state index in [9.17, 15) is 4.79 Å². The van der Waals surface area contributed by atoms with Gasteiger partial charge in [-0.2, -0.15) is 0 Å². The van der Waals surface area contributed by atoms with Gasteiger partial charge in [0.25, 0.3) is 0 Å². The van der Waals surface area contributed by atoms with Gasteiger partial charge < -0.3 is 9.64 Å². The Labute approximate surface area is 182 Å². The van der Waals surface area contributed by atoms with Gasteiger partial charge in [-0.25, -0.2) is 4.99 Å². The number of thioether (sulfide) groups is 2. The number of hydrogen-bond donors (Lipinski definition) is 0. The van der Waals surface area contributed by atoms with Crippen LogP contribution >= 0.6 is 35.7 Å². The van der Waals surface area contributed by atoms with Crippen LogP contribution in [0.15, 0.2) is 29.3 Å². The summed E-state index contributed by atoms with van der Waals surface area (Å²) < 4.78 is 6.05. The van der Waals surface area contributed by atoms with Gasteiger partial charge in [0.2, 0.25) is 0 Å². The molecule has 1 fully saturated rings. The highest BCUT2D eigenvalue weighted by Gasteiger charge is 2.33. The van der Waals surface area contributed by atoms with E-state index in [2.05, 4.69) is 37.8 Å². The van der Waals surface area contributed by atoms with E-state index in [-0.39, 0.29) is 17.1 Å². The van der Waals surface area contributed by atoms with Gasteiger partial charge in [0, 0.05) is 12.3 Å². The first-order valence-electron chi connectivity index (χ1n) is 9.46. The molecule has 0 radical (unpaired) electrons. The van der Waals surface area contributed by atoms with Gasteiger partial charge in [0.1, 0.15) is 9.92 Å². The zero-order chi connectivity index (χ0) is 20.9. The molecule has 0 aliphatic carbocycles. The molecule has 0 aromatic heterocycles. The van der Waals surface area contributed by atoms with Crippen molar-refractivity contribution in [1.82, 2.24) is 4.90 Å². The minimum absolute atomic E-state index is 0.117. The Morgan fingerprint density at radius 2 is 1.96 bits per heavy atom. The summed E-state index contributed by atoms with van der Waals surface area (Å²) in [4.78, 5) is 18.9. The van der Waals surface area contributed by atoms with Crippen LogP contribution in [0.4, 0.5) is 5.69 Å². The second-order valence-corrected chi connectivity index (χ2v) is 11.1. The average Bonchev–Trinajstić information content (AvgIpc) is 2.60. The van der Waals surface area contributed by atoms with E-state index in [0.717, 1.165) is 29.6 Å². The molecular weight excluding hydrogens is 408 g/mol. The lowest BCUT2D eigenvalue weighted by atomic mass is 9.96. The van der Waals surface area contributed by atoms with E-state index in [4.69, 9.17) is 21.9 Å². The summed E-state index contributed by atoms with van der Waals surface area (Å²) in [5.41, 5.74) is 1.84. The van der Waals surface area contributed by atoms with Crippen molar-refractivity contribution < 1.29 is 9.53 Å². The van der Waals surface area contributed by atoms with E-state index < -0.39 is 5.60 Å². The van der Waals surface area contributed by atoms with Gasteiger partial charge in [-0.3, -0.25) is 4.79 Å². The molecule has 2 rings (SSSR count). The third-order valence-corrected chi connectivity index (χ3v) is 6.85. The molecule has 1 aliphatic rings. The topological polar surface area (TPSA) is 41.9 Å². The summed E-state index contributed by atoms with van der Waals surface area (Å²) >= 11 is 8.71. The van der Waals surface area contributed by atoms with Gasteiger partial charge in [0.15, 0.2) is 5.17 Å². The Bertz CT molecular complexity index is 737. The maximum absolute atomic E-state index is 12.0. The first-order valence-corrected chi connectivity index (χ1v) is 11.8. The van der Waals surface area contributed by atoms with Gasteiger partial charge in [0.05, 0.1) is 11.4 Å². The van der Waals surface area contributed by atoms with Crippen molar-refractivity contribution in [2.24, 2.45) is 10.4 Å². The van der Waals surface area contributed by atoms with Crippen LogP contribution in [-0.2, 0) is 16.0 Å². The number of thiocarbonyl (C=S) groups is 1. The molecule has 1 aromatic rings. The maximum Gasteiger partial charge on any atom is 0.316 e. The lowest BCUT2D eigenvalue weighted by Gasteiger charge is -2.39. The molecule has 0 bridgehead atoms. The zero-order valence-electron chi connectivity index (χ0n) is 17.6. The molecule has 154 valence electrons. The number of amidine groups is 1. The van der Waals surface area contributed by atoms with Crippen LogP contribution in [-0.4, -0.2) is 44.0 Å². The van der Waals surface area contributed by atoms with Crippen molar-refractivity contribution in [3.8, 4) is 0 Å². The van der Waals surface area contributed by atoms with Crippen molar-refractivity contribution in [3.63, 3.8) is 0 Å². The number of hydrogen-bond acceptors (Lipinski definition) is 6. The molecule has 0 spiro atoms. The number of nitrogens with zero attached hydrogens (tertiary/aromatic N) is 2. The van der Waals surface area contributed by atoms with Crippen LogP contribution in [0.3, 0.4) is 0 Å². The average molecular weight is 439 g/mol. The number of rotatable bonds is 4. The van der Waals surface area contributed by atoms with Crippen LogP contribution in [0.2, 0.25) is 0 Å². The van der Waals surface area contributed by atoms with Crippen LogP contribution in [0.5, 0.6) is 0 Å². The molecule has 1 heterocycles. The normalized spacial score (nSPS) is 18.2. The standard InChI is InChI=1S/C21H30N2O2S3/c1-7-15-8-10-16(11-9-15)22-18-23(13-21(5,6)14-28-18)19(26)27-12-17(24)25-20(2,3)4/h8-11H,7,12-14H2,1-6H3. The summed E-state index contributed by atoms with van der Waals surface area (Å²) in [6.07, 6.45) is 1.01. The third kappa shape index (κ3) is 7.41. The van der Waals surface area contributed by atoms with E-state index >= 15 is 0 Å². The summed E-state index contributed by atoms with van der Waals surface area (Å²) in [5.74, 6) is 0.933. The van der Waals surface area contributed by atoms with E-state index in [1.807, 2.05) is 32.9 Å². The van der Waals surface area contributed by atoms with Crippen molar-refractivity contribution >= 4 is 56.9 Å². The molecule has 1 aliphatic heterocycles. The second-order valence-electron chi connectivity index (χ2n) is 8.59. The maximum atomic E-state index is 12.0. The largest absolute Gasteiger partial charge is 0.459 e. The molecule has 4 nitrogen and oxygen atoms in total. The van der Waals surface area contributed by atoms with Crippen molar-refractivity contribution in [2.45, 2.75) is 53.6 Å². The smallest absolute Gasteiger partial charge is 0.316 e. The lowest BCUT2D eigenvalue weighted by molar-refractivity contribution is -0.151. The zero-order valence-corrected chi connectivity index (χ0v) is 20.0. The summed E-state index contributed by atoms with van der Waals surface area (Å²) in [6, 6.07) is 8.30. The predicted octanol–water partition coefficient (Wildman–Crippen LogP) is 5.67. The van der Waals surface area contributed by atoms with E-state index in [1.165, 1.54) is 17.3 Å². The fourth-order valence-corrected chi connectivity index (χ4v) is 4.74. The first-order chi connectivity index (χ1) is 13.0. The van der Waals surface area contributed by atoms with Gasteiger partial charge in [-0.05, 0) is 50.3 Å². The highest BCUT2D eigenvalue weighted by Crippen LogP contribution is 2.34. The van der Waals surface area contributed by atoms with E-state index in [1.54, 1.807) is 11.8 Å². The molecule has 0 N–H and O–H groups in total. The second kappa shape index (κ2) is 9.63. The SMILES string of the molecule is CCc1ccc(N=C2SCC(C)(C)CN2C(=S)SCC(=O)OC(C)(C)C)cc1. The molecule has 1 saturated heterocycles. The number of benzene rings is 1. The van der Waals surface area contributed by atoms with Crippen LogP contribution in [0.25, 0.3) is 0 Å². The Morgan fingerprint density at radius 3 is 2.54 bits per heavy atom. The number of aliphatic imine (C=N–C) groups is 1. The Kier molecular flexibility index (Phi) is 7.99. The number of ether oxygens (including phenoxy) is 1. The van der Waals surface area contributed by atoms with Gasteiger partial charge >= 0.3 is 5.97 Å². The lowest BCUT2D eigenvalue weighted by Crippen LogP contribution is -2.45. The summed E-state index contributed by atoms with van der Waals surface area (Å²) in [7, 11) is 0. The molecule has 7 heteroatoms. The molecule has 0 amide bonds. The summed E-state index contributed by atoms with van der Waals surface area (Å²) in [6.45, 7) is 13.0. The summed E-state index contributed by atoms with van der Waals surface area (Å²) in [5, 5.41) is 0.894. The Hall–Kier alpha value is -1.05. The molecule has 28 heavy (non-hydrogen) atoms. The highest BCUT2D eigenvalue weighted by atomic mass is 32.2. The predicted molar refractivity (Wildman–Crippen MR) is 127 cm³/mol. The van der Waals surface area contributed by atoms with Crippen LogP contribution in [0, 0.1) is 5.41 Å². The van der Waals surface area contributed by atoms with Crippen molar-refractivity contribution in [2.75, 3.05) is 18.1 Å². The molecule has 0 atom stereocenters. The number of carbonyl (C=O) groups is 1. The molecule has 0 unspecified atom stereocenters. The molecular formula is C21H30N2O2S3.